The summed E-state index contributed by atoms with van der Waals surface area (Å²) in [5.74, 6) is 0.722. The normalized spacial score (nSPS) is 11.2. The second-order valence-electron chi connectivity index (χ2n) is 4.13. The zero-order chi connectivity index (χ0) is 15.6. The van der Waals surface area contributed by atoms with Crippen LogP contribution >= 0.6 is 28.1 Å². The zero-order valence-corrected chi connectivity index (χ0v) is 12.8. The van der Waals surface area contributed by atoms with Gasteiger partial charge in [0.05, 0.1) is 5.56 Å². The van der Waals surface area contributed by atoms with Crippen LogP contribution in [0.5, 0.6) is 11.5 Å². The molecule has 0 aromatic heterocycles. The summed E-state index contributed by atoms with van der Waals surface area (Å²) >= 11 is 7.95. The van der Waals surface area contributed by atoms with Crippen molar-refractivity contribution in [3.8, 4) is 11.5 Å². The maximum atomic E-state index is 12.9. The molecule has 0 radical (unpaired) electrons. The fraction of sp³-hybridized carbons (Fsp3) is 0.0714. The molecule has 0 aliphatic carbocycles. The molecule has 0 fully saturated rings. The van der Waals surface area contributed by atoms with Crippen LogP contribution in [-0.2, 0) is 6.18 Å². The largest absolute Gasteiger partial charge is 0.457 e. The third-order valence-electron chi connectivity index (χ3n) is 2.61. The molecule has 0 aliphatic heterocycles. The first-order chi connectivity index (χ1) is 9.77. The number of benzene rings is 2. The van der Waals surface area contributed by atoms with Crippen molar-refractivity contribution in [2.45, 2.75) is 6.18 Å². The lowest BCUT2D eigenvalue weighted by molar-refractivity contribution is -0.137. The van der Waals surface area contributed by atoms with Crippen LogP contribution in [0, 0.1) is 0 Å². The van der Waals surface area contributed by atoms with Gasteiger partial charge < -0.3 is 10.5 Å². The molecule has 2 rings (SSSR count). The Labute approximate surface area is 132 Å². The summed E-state index contributed by atoms with van der Waals surface area (Å²) in [6, 6.07) is 10.2. The van der Waals surface area contributed by atoms with E-state index in [4.69, 9.17) is 10.5 Å². The van der Waals surface area contributed by atoms with Gasteiger partial charge in [-0.15, -0.1) is 0 Å². The molecule has 2 aromatic rings. The number of hydrogen-bond donors (Lipinski definition) is 1. The molecule has 0 bridgehead atoms. The van der Waals surface area contributed by atoms with Crippen LogP contribution < -0.4 is 10.5 Å². The summed E-state index contributed by atoms with van der Waals surface area (Å²) in [5, 5.41) is 0. The van der Waals surface area contributed by atoms with Gasteiger partial charge in [0.2, 0.25) is 0 Å². The Hall–Kier alpha value is -1.60. The number of ether oxygens (including phenoxy) is 1. The van der Waals surface area contributed by atoms with Gasteiger partial charge in [0.25, 0.3) is 0 Å². The van der Waals surface area contributed by atoms with Gasteiger partial charge in [-0.3, -0.25) is 0 Å². The van der Waals surface area contributed by atoms with E-state index in [1.54, 1.807) is 24.3 Å². The Kier molecular flexibility index (Phi) is 4.53. The van der Waals surface area contributed by atoms with Crippen LogP contribution in [0.25, 0.3) is 0 Å². The highest BCUT2D eigenvalue weighted by Gasteiger charge is 2.34. The van der Waals surface area contributed by atoms with E-state index in [-0.39, 0.29) is 16.3 Å². The highest BCUT2D eigenvalue weighted by Crippen LogP contribution is 2.34. The van der Waals surface area contributed by atoms with E-state index in [0.29, 0.717) is 5.75 Å². The first kappa shape index (κ1) is 15.8. The van der Waals surface area contributed by atoms with Gasteiger partial charge in [-0.1, -0.05) is 28.1 Å². The van der Waals surface area contributed by atoms with Crippen LogP contribution in [-0.4, -0.2) is 4.99 Å². The molecule has 2 N–H and O–H groups in total. The van der Waals surface area contributed by atoms with E-state index in [9.17, 15) is 13.2 Å². The van der Waals surface area contributed by atoms with Gasteiger partial charge in [0.15, 0.2) is 0 Å². The number of thiocarbonyl (C=S) groups is 1. The zero-order valence-electron chi connectivity index (χ0n) is 10.4. The van der Waals surface area contributed by atoms with Gasteiger partial charge in [0, 0.05) is 10.0 Å². The maximum Gasteiger partial charge on any atom is 0.417 e. The Bertz CT molecular complexity index is 671. The Morgan fingerprint density at radius 3 is 2.14 bits per heavy atom. The highest BCUT2D eigenvalue weighted by molar-refractivity contribution is 9.10. The van der Waals surface area contributed by atoms with E-state index in [2.05, 4.69) is 28.1 Å². The minimum atomic E-state index is -4.52. The van der Waals surface area contributed by atoms with Gasteiger partial charge in [-0.05, 0) is 42.5 Å². The van der Waals surface area contributed by atoms with E-state index < -0.39 is 11.7 Å². The van der Waals surface area contributed by atoms with E-state index in [1.165, 1.54) is 12.1 Å². The molecule has 21 heavy (non-hydrogen) atoms. The molecule has 7 heteroatoms. The number of nitrogens with two attached hydrogens (primary N) is 1. The summed E-state index contributed by atoms with van der Waals surface area (Å²) in [4.78, 5) is -0.330. The lowest BCUT2D eigenvalue weighted by Crippen LogP contribution is -2.17. The van der Waals surface area contributed by atoms with Crippen molar-refractivity contribution in [2.75, 3.05) is 0 Å². The maximum absolute atomic E-state index is 12.9. The summed E-state index contributed by atoms with van der Waals surface area (Å²) in [7, 11) is 0. The molecule has 0 saturated carbocycles. The Morgan fingerprint density at radius 1 is 1.05 bits per heavy atom. The Balaban J connectivity index is 2.36. The number of rotatable bonds is 3. The van der Waals surface area contributed by atoms with Gasteiger partial charge in [0.1, 0.15) is 16.5 Å². The third-order valence-corrected chi connectivity index (χ3v) is 3.36. The smallest absolute Gasteiger partial charge is 0.417 e. The second kappa shape index (κ2) is 6.03. The van der Waals surface area contributed by atoms with Crippen molar-refractivity contribution >= 4 is 33.1 Å². The predicted octanol–water partition coefficient (Wildman–Crippen LogP) is 4.89. The monoisotopic (exact) mass is 375 g/mol. The first-order valence-corrected chi connectivity index (χ1v) is 6.92. The highest BCUT2D eigenvalue weighted by atomic mass is 79.9. The molecule has 0 saturated heterocycles. The second-order valence-corrected chi connectivity index (χ2v) is 5.48. The van der Waals surface area contributed by atoms with Crippen LogP contribution in [0.1, 0.15) is 11.1 Å². The summed E-state index contributed by atoms with van der Waals surface area (Å²) in [6.07, 6.45) is -4.52. The molecule has 0 aliphatic rings. The van der Waals surface area contributed by atoms with Crippen molar-refractivity contribution < 1.29 is 17.9 Å². The minimum absolute atomic E-state index is 0.230. The number of alkyl halides is 3. The molecule has 0 heterocycles. The fourth-order valence-electron chi connectivity index (χ4n) is 1.68. The summed E-state index contributed by atoms with van der Waals surface area (Å²) in [5.41, 5.74) is 4.23. The molecule has 0 spiro atoms. The summed E-state index contributed by atoms with van der Waals surface area (Å²) < 4.78 is 44.9. The molecule has 0 unspecified atom stereocenters. The SMILES string of the molecule is NC(=S)c1cc(Oc2ccc(Br)cc2)ccc1C(F)(F)F. The molecule has 2 nitrogen and oxygen atoms in total. The van der Waals surface area contributed by atoms with Crippen LogP contribution in [0.2, 0.25) is 0 Å². The average molecular weight is 376 g/mol. The molecule has 0 amide bonds. The average Bonchev–Trinajstić information content (AvgIpc) is 2.40. The van der Waals surface area contributed by atoms with E-state index >= 15 is 0 Å². The van der Waals surface area contributed by atoms with E-state index in [0.717, 1.165) is 10.5 Å². The summed E-state index contributed by atoms with van der Waals surface area (Å²) in [6.45, 7) is 0. The van der Waals surface area contributed by atoms with Crippen LogP contribution in [0.4, 0.5) is 13.2 Å². The minimum Gasteiger partial charge on any atom is -0.457 e. The predicted molar refractivity (Wildman–Crippen MR) is 81.5 cm³/mol. The van der Waals surface area contributed by atoms with Crippen molar-refractivity contribution in [1.82, 2.24) is 0 Å². The van der Waals surface area contributed by atoms with Gasteiger partial charge in [-0.25, -0.2) is 0 Å². The first-order valence-electron chi connectivity index (χ1n) is 5.72. The molecular weight excluding hydrogens is 367 g/mol. The van der Waals surface area contributed by atoms with Crippen LogP contribution in [0.15, 0.2) is 46.9 Å². The number of hydrogen-bond acceptors (Lipinski definition) is 2. The van der Waals surface area contributed by atoms with Crippen molar-refractivity contribution in [3.63, 3.8) is 0 Å². The molecule has 2 aromatic carbocycles. The van der Waals surface area contributed by atoms with Gasteiger partial charge in [-0.2, -0.15) is 13.2 Å². The van der Waals surface area contributed by atoms with Crippen LogP contribution in [0.3, 0.4) is 0 Å². The molecule has 0 atom stereocenters. The Morgan fingerprint density at radius 2 is 1.62 bits per heavy atom. The van der Waals surface area contributed by atoms with Gasteiger partial charge >= 0.3 is 6.18 Å². The van der Waals surface area contributed by atoms with Crippen molar-refractivity contribution in [2.24, 2.45) is 5.73 Å². The third kappa shape index (κ3) is 3.95. The van der Waals surface area contributed by atoms with Crippen molar-refractivity contribution in [1.29, 1.82) is 0 Å². The topological polar surface area (TPSA) is 35.2 Å². The lowest BCUT2D eigenvalue weighted by Gasteiger charge is -2.14. The standard InChI is InChI=1S/C14H9BrF3NOS/c15-8-1-3-9(4-2-8)20-10-5-6-12(14(16,17)18)11(7-10)13(19)21/h1-7H,(H2,19,21). The number of halogens is 4. The molecule has 110 valence electrons. The van der Waals surface area contributed by atoms with E-state index in [1.807, 2.05) is 0 Å². The quantitative estimate of drug-likeness (QED) is 0.775. The molecular formula is C14H9BrF3NOS. The van der Waals surface area contributed by atoms with Crippen molar-refractivity contribution in [3.05, 3.63) is 58.1 Å². The lowest BCUT2D eigenvalue weighted by atomic mass is 10.1. The fourth-order valence-corrected chi connectivity index (χ4v) is 2.11.